The van der Waals surface area contributed by atoms with Gasteiger partial charge in [0.15, 0.2) is 0 Å². The summed E-state index contributed by atoms with van der Waals surface area (Å²) < 4.78 is 56.7. The van der Waals surface area contributed by atoms with Crippen LogP contribution in [0.15, 0.2) is 29.4 Å². The predicted octanol–water partition coefficient (Wildman–Crippen LogP) is 2.51. The van der Waals surface area contributed by atoms with E-state index in [2.05, 4.69) is 5.10 Å². The van der Waals surface area contributed by atoms with Gasteiger partial charge >= 0.3 is 0 Å². The monoisotopic (exact) mass is 334 g/mol. The highest BCUT2D eigenvalue weighted by Crippen LogP contribution is 2.34. The molecular weight excluding hydrogens is 320 g/mol. The van der Waals surface area contributed by atoms with Crippen LogP contribution in [-0.4, -0.2) is 46.9 Å². The van der Waals surface area contributed by atoms with Gasteiger partial charge in [-0.05, 0) is 31.2 Å². The number of hydrogen-bond acceptors (Lipinski definition) is 4. The van der Waals surface area contributed by atoms with Crippen LogP contribution >= 0.6 is 0 Å². The molecule has 1 aliphatic rings. The molecule has 0 saturated carbocycles. The second-order valence-corrected chi connectivity index (χ2v) is 4.82. The summed E-state index contributed by atoms with van der Waals surface area (Å²) in [6.45, 7) is 2.15. The van der Waals surface area contributed by atoms with Crippen molar-refractivity contribution in [1.29, 1.82) is 0 Å². The van der Waals surface area contributed by atoms with E-state index in [1.54, 1.807) is 6.92 Å². The van der Waals surface area contributed by atoms with Crippen molar-refractivity contribution in [3.63, 3.8) is 0 Å². The largest absolute Gasteiger partial charge is 0.494 e. The third kappa shape index (κ3) is 3.29. The fourth-order valence-electron chi connectivity index (χ4n) is 2.09. The number of carbonyl (C=O) groups excluding carboxylic acids is 1. The van der Waals surface area contributed by atoms with Crippen LogP contribution in [0.1, 0.15) is 23.7 Å². The summed E-state index contributed by atoms with van der Waals surface area (Å²) in [5.74, 6) is -0.655. The van der Waals surface area contributed by atoms with Crippen molar-refractivity contribution in [3.8, 4) is 5.75 Å². The molecule has 1 aliphatic heterocycles. The molecule has 23 heavy (non-hydrogen) atoms. The zero-order valence-electron chi connectivity index (χ0n) is 12.0. The summed E-state index contributed by atoms with van der Waals surface area (Å²) in [6, 6.07) is 5.39. The van der Waals surface area contributed by atoms with E-state index in [1.165, 1.54) is 24.3 Å². The number of carbonyl (C=O) groups is 1. The quantitative estimate of drug-likeness (QED) is 0.842. The van der Waals surface area contributed by atoms with Crippen LogP contribution < -0.4 is 4.74 Å². The predicted molar refractivity (Wildman–Crippen MR) is 72.8 cm³/mol. The highest BCUT2D eigenvalue weighted by molar-refractivity contribution is 5.99. The number of hydrazone groups is 1. The van der Waals surface area contributed by atoms with Crippen LogP contribution in [-0.2, 0) is 0 Å². The van der Waals surface area contributed by atoms with Gasteiger partial charge in [-0.2, -0.15) is 10.1 Å². The van der Waals surface area contributed by atoms with Crippen molar-refractivity contribution in [3.05, 3.63) is 29.8 Å². The number of hydrogen-bond donors (Lipinski definition) is 1. The molecule has 1 heterocycles. The number of alkyl halides is 4. The van der Waals surface area contributed by atoms with Crippen molar-refractivity contribution < 1.29 is 32.2 Å². The molecule has 9 heteroatoms. The minimum absolute atomic E-state index is 0.0227. The Labute approximate surface area is 129 Å². The van der Waals surface area contributed by atoms with Crippen LogP contribution in [0, 0.1) is 0 Å². The van der Waals surface area contributed by atoms with Gasteiger partial charge in [0.2, 0.25) is 5.72 Å². The standard InChI is InChI=1S/C14H14F4N2O3/c1-2-23-9-5-3-8(4-6-9)12(21)20-14(22,13(17)18)7-10(19-20)11(15)16/h3-6,11,13,22H,2,7H2,1H3/t14-/m0/s1. The minimum atomic E-state index is -3.45. The number of nitrogens with zero attached hydrogens (tertiary/aromatic N) is 2. The molecule has 1 aromatic rings. The van der Waals surface area contributed by atoms with E-state index >= 15 is 0 Å². The van der Waals surface area contributed by atoms with Gasteiger partial charge in [0.05, 0.1) is 6.61 Å². The van der Waals surface area contributed by atoms with Gasteiger partial charge in [-0.25, -0.2) is 17.6 Å². The van der Waals surface area contributed by atoms with Gasteiger partial charge in [-0.3, -0.25) is 4.79 Å². The molecule has 0 radical (unpaired) electrons. The van der Waals surface area contributed by atoms with Crippen molar-refractivity contribution in [2.75, 3.05) is 6.61 Å². The van der Waals surface area contributed by atoms with Crippen molar-refractivity contribution in [1.82, 2.24) is 5.01 Å². The lowest BCUT2D eigenvalue weighted by Crippen LogP contribution is -2.51. The molecule has 1 atom stereocenters. The molecule has 0 spiro atoms. The molecule has 5 nitrogen and oxygen atoms in total. The summed E-state index contributed by atoms with van der Waals surface area (Å²) in [5, 5.41) is 13.1. The minimum Gasteiger partial charge on any atom is -0.494 e. The number of benzene rings is 1. The third-order valence-electron chi connectivity index (χ3n) is 3.24. The molecular formula is C14H14F4N2O3. The maximum Gasteiger partial charge on any atom is 0.287 e. The summed E-state index contributed by atoms with van der Waals surface area (Å²) in [6.07, 6.45) is -7.70. The van der Waals surface area contributed by atoms with E-state index in [4.69, 9.17) is 4.74 Å². The SMILES string of the molecule is CCOc1ccc(C(=O)N2N=C(C(F)F)C[C@]2(O)C(F)F)cc1. The van der Waals surface area contributed by atoms with Crippen molar-refractivity contribution >= 4 is 11.6 Å². The van der Waals surface area contributed by atoms with Gasteiger partial charge in [0.25, 0.3) is 18.8 Å². The first-order valence-electron chi connectivity index (χ1n) is 6.73. The topological polar surface area (TPSA) is 62.1 Å². The van der Waals surface area contributed by atoms with E-state index in [9.17, 15) is 27.5 Å². The van der Waals surface area contributed by atoms with Gasteiger partial charge < -0.3 is 9.84 Å². The molecule has 1 N–H and O–H groups in total. The summed E-state index contributed by atoms with van der Waals surface area (Å²) in [4.78, 5) is 12.2. The molecule has 0 unspecified atom stereocenters. The van der Waals surface area contributed by atoms with E-state index in [-0.39, 0.29) is 10.6 Å². The van der Waals surface area contributed by atoms with Crippen LogP contribution in [0.2, 0.25) is 0 Å². The Kier molecular flexibility index (Phi) is 4.88. The molecule has 0 aromatic heterocycles. The lowest BCUT2D eigenvalue weighted by Gasteiger charge is -2.30. The zero-order valence-corrected chi connectivity index (χ0v) is 12.0. The molecule has 1 amide bonds. The number of halogens is 4. The fourth-order valence-corrected chi connectivity index (χ4v) is 2.09. The number of ether oxygens (including phenoxy) is 1. The number of amides is 1. The molecule has 126 valence electrons. The van der Waals surface area contributed by atoms with Gasteiger partial charge in [0.1, 0.15) is 11.5 Å². The van der Waals surface area contributed by atoms with E-state index in [1.807, 2.05) is 0 Å². The number of rotatable bonds is 5. The molecule has 0 fully saturated rings. The van der Waals surface area contributed by atoms with E-state index in [0.29, 0.717) is 12.4 Å². The molecule has 0 bridgehead atoms. The van der Waals surface area contributed by atoms with Crippen LogP contribution in [0.3, 0.4) is 0 Å². The second kappa shape index (κ2) is 6.53. The maximum absolute atomic E-state index is 13.1. The van der Waals surface area contributed by atoms with Gasteiger partial charge in [0, 0.05) is 12.0 Å². The highest BCUT2D eigenvalue weighted by Gasteiger charge is 2.53. The first-order chi connectivity index (χ1) is 10.8. The van der Waals surface area contributed by atoms with Crippen LogP contribution in [0.5, 0.6) is 5.75 Å². The summed E-state index contributed by atoms with van der Waals surface area (Å²) >= 11 is 0. The Hall–Kier alpha value is -2.16. The van der Waals surface area contributed by atoms with Gasteiger partial charge in [-0.15, -0.1) is 0 Å². The first-order valence-corrected chi connectivity index (χ1v) is 6.73. The molecule has 0 aliphatic carbocycles. The second-order valence-electron chi connectivity index (χ2n) is 4.82. The fraction of sp³-hybridized carbons (Fsp3) is 0.429. The van der Waals surface area contributed by atoms with E-state index < -0.39 is 36.6 Å². The lowest BCUT2D eigenvalue weighted by molar-refractivity contribution is -0.164. The van der Waals surface area contributed by atoms with Gasteiger partial charge in [-0.1, -0.05) is 0 Å². The third-order valence-corrected chi connectivity index (χ3v) is 3.24. The van der Waals surface area contributed by atoms with Crippen LogP contribution in [0.4, 0.5) is 17.6 Å². The Morgan fingerprint density at radius 1 is 1.35 bits per heavy atom. The zero-order chi connectivity index (χ0) is 17.2. The Morgan fingerprint density at radius 2 is 1.96 bits per heavy atom. The Bertz CT molecular complexity index is 607. The van der Waals surface area contributed by atoms with E-state index in [0.717, 1.165) is 0 Å². The van der Waals surface area contributed by atoms with Crippen molar-refractivity contribution in [2.24, 2.45) is 5.10 Å². The normalized spacial score (nSPS) is 21.0. The Balaban J connectivity index is 2.30. The highest BCUT2D eigenvalue weighted by atomic mass is 19.3. The smallest absolute Gasteiger partial charge is 0.287 e. The summed E-state index contributed by atoms with van der Waals surface area (Å²) in [5.41, 5.74) is -4.14. The summed E-state index contributed by atoms with van der Waals surface area (Å²) in [7, 11) is 0. The average Bonchev–Trinajstić information content (AvgIpc) is 2.87. The molecule has 2 rings (SSSR count). The Morgan fingerprint density at radius 3 is 2.43 bits per heavy atom. The number of aliphatic hydroxyl groups is 1. The van der Waals surface area contributed by atoms with Crippen molar-refractivity contribution in [2.45, 2.75) is 31.9 Å². The molecule has 1 aromatic carbocycles. The lowest BCUT2D eigenvalue weighted by atomic mass is 10.1. The molecule has 0 saturated heterocycles. The average molecular weight is 334 g/mol. The first kappa shape index (κ1) is 17.2. The van der Waals surface area contributed by atoms with Crippen LogP contribution in [0.25, 0.3) is 0 Å². The maximum atomic E-state index is 13.1.